The number of esters is 1. The summed E-state index contributed by atoms with van der Waals surface area (Å²) >= 11 is 0. The van der Waals surface area contributed by atoms with Gasteiger partial charge < -0.3 is 20.1 Å². The molecule has 0 saturated carbocycles. The molecule has 0 fully saturated rings. The number of carbonyl (C=O) groups excluding carboxylic acids is 1. The van der Waals surface area contributed by atoms with Gasteiger partial charge in [0.25, 0.3) is 5.56 Å². The highest BCUT2D eigenvalue weighted by molar-refractivity contribution is 5.93. The van der Waals surface area contributed by atoms with Crippen molar-refractivity contribution in [3.63, 3.8) is 0 Å². The van der Waals surface area contributed by atoms with E-state index in [-0.39, 0.29) is 41.6 Å². The summed E-state index contributed by atoms with van der Waals surface area (Å²) in [5.41, 5.74) is 9.93. The Morgan fingerprint density at radius 3 is 2.79 bits per heavy atom. The van der Waals surface area contributed by atoms with Crippen molar-refractivity contribution >= 4 is 16.9 Å². The molecule has 4 heterocycles. The molecular weight excluding hydrogens is 425 g/mol. The van der Waals surface area contributed by atoms with Gasteiger partial charge in [0, 0.05) is 28.6 Å². The Bertz CT molecular complexity index is 1460. The Labute approximate surface area is 189 Å². The van der Waals surface area contributed by atoms with Crippen molar-refractivity contribution in [2.24, 2.45) is 5.73 Å². The van der Waals surface area contributed by atoms with Gasteiger partial charge in [0.1, 0.15) is 12.4 Å². The third-order valence-electron chi connectivity index (χ3n) is 7.62. The lowest BCUT2D eigenvalue weighted by molar-refractivity contribution is -0.172. The maximum Gasteiger partial charge on any atom is 0.343 e. The van der Waals surface area contributed by atoms with E-state index < -0.39 is 11.6 Å². The smallest absolute Gasteiger partial charge is 0.343 e. The van der Waals surface area contributed by atoms with Gasteiger partial charge in [-0.05, 0) is 48.4 Å². The van der Waals surface area contributed by atoms with Gasteiger partial charge in [-0.25, -0.2) is 14.2 Å². The lowest BCUT2D eigenvalue weighted by Gasteiger charge is -2.31. The fourth-order valence-corrected chi connectivity index (χ4v) is 5.88. The number of hydrogen-bond donors (Lipinski definition) is 2. The fourth-order valence-electron chi connectivity index (χ4n) is 5.88. The molecule has 0 bridgehead atoms. The number of fused-ring (bicyclic) bond motifs is 5. The lowest BCUT2D eigenvalue weighted by atomic mass is 9.81. The number of cyclic esters (lactones) is 1. The zero-order valence-corrected chi connectivity index (χ0v) is 18.5. The predicted molar refractivity (Wildman–Crippen MR) is 119 cm³/mol. The average Bonchev–Trinajstić information content (AvgIpc) is 3.17. The van der Waals surface area contributed by atoms with Crippen LogP contribution in [-0.4, -0.2) is 20.6 Å². The lowest BCUT2D eigenvalue weighted by Crippen LogP contribution is -2.44. The molecule has 7 nitrogen and oxygen atoms in total. The van der Waals surface area contributed by atoms with Crippen LogP contribution in [0, 0.1) is 5.82 Å². The molecule has 6 rings (SSSR count). The molecular formula is C25H24FN3O4. The number of nitrogens with two attached hydrogens (primary N) is 1. The molecule has 1 aromatic carbocycles. The highest BCUT2D eigenvalue weighted by Gasteiger charge is 2.45. The minimum absolute atomic E-state index is 0.0736. The molecule has 0 radical (unpaired) electrons. The summed E-state index contributed by atoms with van der Waals surface area (Å²) in [5, 5.41) is 11.9. The summed E-state index contributed by atoms with van der Waals surface area (Å²) in [4.78, 5) is 30.6. The van der Waals surface area contributed by atoms with Gasteiger partial charge in [-0.3, -0.25) is 4.79 Å². The first-order chi connectivity index (χ1) is 15.8. The standard InChI is InChI=1S/C25H24FN3O4/c1-3-11-12-5-6-17(27)20-13-9-29-19(22(13)28-18(21(12)20)8-16(11)26)7-15-14(23(29)30)10-33-24(31)25(15,32)4-2/h7-8,17,32H,3-6,9-10,27H2,1-2H3/t17-,25-/m0/s1. The number of pyridine rings is 2. The molecule has 0 amide bonds. The van der Waals surface area contributed by atoms with Crippen molar-refractivity contribution in [2.45, 2.75) is 64.3 Å². The van der Waals surface area contributed by atoms with E-state index in [9.17, 15) is 19.1 Å². The van der Waals surface area contributed by atoms with Crippen molar-refractivity contribution in [1.82, 2.24) is 9.55 Å². The molecule has 0 unspecified atom stereocenters. The average molecular weight is 449 g/mol. The second kappa shape index (κ2) is 6.71. The number of benzene rings is 1. The van der Waals surface area contributed by atoms with E-state index >= 15 is 0 Å². The van der Waals surface area contributed by atoms with E-state index in [0.717, 1.165) is 22.1 Å². The van der Waals surface area contributed by atoms with Crippen LogP contribution in [-0.2, 0) is 41.1 Å². The largest absolute Gasteiger partial charge is 0.458 e. The van der Waals surface area contributed by atoms with Crippen LogP contribution in [0.1, 0.15) is 66.1 Å². The van der Waals surface area contributed by atoms with Gasteiger partial charge in [-0.1, -0.05) is 13.8 Å². The normalized spacial score (nSPS) is 22.7. The van der Waals surface area contributed by atoms with Crippen LogP contribution in [0.2, 0.25) is 0 Å². The zero-order valence-electron chi connectivity index (χ0n) is 18.5. The first-order valence-corrected chi connectivity index (χ1v) is 11.4. The van der Waals surface area contributed by atoms with Gasteiger partial charge in [0.15, 0.2) is 5.60 Å². The van der Waals surface area contributed by atoms with Crippen molar-refractivity contribution in [1.29, 1.82) is 0 Å². The van der Waals surface area contributed by atoms with Gasteiger partial charge in [0.05, 0.1) is 29.0 Å². The van der Waals surface area contributed by atoms with Crippen LogP contribution < -0.4 is 11.3 Å². The Kier molecular flexibility index (Phi) is 4.17. The summed E-state index contributed by atoms with van der Waals surface area (Å²) in [5.74, 6) is -1.04. The number of aliphatic hydroxyl groups is 1. The van der Waals surface area contributed by atoms with E-state index in [1.165, 1.54) is 6.07 Å². The Balaban J connectivity index is 1.69. The second-order valence-corrected chi connectivity index (χ2v) is 9.16. The van der Waals surface area contributed by atoms with E-state index in [1.54, 1.807) is 17.6 Å². The number of halogens is 1. The number of aryl methyl sites for hydroxylation is 1. The molecule has 1 aliphatic carbocycles. The molecule has 170 valence electrons. The molecule has 3 aliphatic rings. The third kappa shape index (κ3) is 2.48. The van der Waals surface area contributed by atoms with E-state index in [4.69, 9.17) is 15.5 Å². The van der Waals surface area contributed by atoms with Crippen LogP contribution >= 0.6 is 0 Å². The van der Waals surface area contributed by atoms with Gasteiger partial charge in [-0.2, -0.15) is 0 Å². The monoisotopic (exact) mass is 449 g/mol. The molecule has 3 aromatic rings. The Morgan fingerprint density at radius 1 is 1.27 bits per heavy atom. The van der Waals surface area contributed by atoms with Gasteiger partial charge >= 0.3 is 5.97 Å². The van der Waals surface area contributed by atoms with E-state index in [1.807, 2.05) is 6.92 Å². The van der Waals surface area contributed by atoms with Crippen LogP contribution in [0.25, 0.3) is 22.3 Å². The van der Waals surface area contributed by atoms with E-state index in [2.05, 4.69) is 0 Å². The number of rotatable bonds is 2. The molecule has 0 spiro atoms. The van der Waals surface area contributed by atoms with Crippen molar-refractivity contribution < 1.29 is 19.0 Å². The van der Waals surface area contributed by atoms with Gasteiger partial charge in [-0.15, -0.1) is 0 Å². The highest BCUT2D eigenvalue weighted by atomic mass is 19.1. The third-order valence-corrected chi connectivity index (χ3v) is 7.62. The molecule has 2 aromatic heterocycles. The molecule has 2 atom stereocenters. The first kappa shape index (κ1) is 20.5. The van der Waals surface area contributed by atoms with Crippen molar-refractivity contribution in [3.8, 4) is 11.4 Å². The molecule has 0 saturated heterocycles. The Hall–Kier alpha value is -3.10. The molecule has 8 heteroatoms. The second-order valence-electron chi connectivity index (χ2n) is 9.16. The van der Waals surface area contributed by atoms with Crippen LogP contribution in [0.4, 0.5) is 4.39 Å². The number of carbonyl (C=O) groups is 1. The molecule has 2 aliphatic heterocycles. The predicted octanol–water partition coefficient (Wildman–Crippen LogP) is 2.73. The van der Waals surface area contributed by atoms with Gasteiger partial charge in [0.2, 0.25) is 0 Å². The minimum Gasteiger partial charge on any atom is -0.458 e. The maximum absolute atomic E-state index is 14.9. The molecule has 3 N–H and O–H groups in total. The Morgan fingerprint density at radius 2 is 2.06 bits per heavy atom. The van der Waals surface area contributed by atoms with Crippen molar-refractivity contribution in [2.75, 3.05) is 0 Å². The van der Waals surface area contributed by atoms with Crippen LogP contribution in [0.15, 0.2) is 16.9 Å². The highest BCUT2D eigenvalue weighted by Crippen LogP contribution is 2.45. The SMILES string of the molecule is CCc1c(F)cc2nc3c(c4c2c1CC[C@@H]4N)Cn1c-3cc2c(c1=O)COC(=O)[C@]2(O)CC. The summed E-state index contributed by atoms with van der Waals surface area (Å²) in [6.45, 7) is 3.72. The fraction of sp³-hybridized carbons (Fsp3) is 0.400. The number of aromatic nitrogens is 2. The van der Waals surface area contributed by atoms with E-state index in [0.29, 0.717) is 48.3 Å². The summed E-state index contributed by atoms with van der Waals surface area (Å²) in [6, 6.07) is 2.88. The summed E-state index contributed by atoms with van der Waals surface area (Å²) < 4.78 is 21.7. The number of nitrogens with zero attached hydrogens (tertiary/aromatic N) is 2. The van der Waals surface area contributed by atoms with Crippen molar-refractivity contribution in [3.05, 3.63) is 61.7 Å². The maximum atomic E-state index is 14.9. The molecule has 33 heavy (non-hydrogen) atoms. The quantitative estimate of drug-likeness (QED) is 0.456. The minimum atomic E-state index is -1.89. The van der Waals surface area contributed by atoms with Crippen LogP contribution in [0.3, 0.4) is 0 Å². The first-order valence-electron chi connectivity index (χ1n) is 11.4. The topological polar surface area (TPSA) is 107 Å². The summed E-state index contributed by atoms with van der Waals surface area (Å²) in [7, 11) is 0. The zero-order chi connectivity index (χ0) is 23.2. The number of ether oxygens (including phenoxy) is 1. The summed E-state index contributed by atoms with van der Waals surface area (Å²) in [6.07, 6.45) is 2.04. The van der Waals surface area contributed by atoms with Crippen LogP contribution in [0.5, 0.6) is 0 Å². The number of hydrogen-bond acceptors (Lipinski definition) is 6.